The molecule has 0 aliphatic carbocycles. The van der Waals surface area contributed by atoms with Gasteiger partial charge in [-0.2, -0.15) is 0 Å². The number of anilines is 1. The van der Waals surface area contributed by atoms with Crippen molar-refractivity contribution in [3.05, 3.63) is 71.7 Å². The monoisotopic (exact) mass is 444 g/mol. The highest BCUT2D eigenvalue weighted by Crippen LogP contribution is 2.26. The number of aryl methyl sites for hydroxylation is 1. The number of benzene rings is 2. The van der Waals surface area contributed by atoms with E-state index in [1.54, 1.807) is 0 Å². The average molecular weight is 445 g/mol. The summed E-state index contributed by atoms with van der Waals surface area (Å²) in [5.74, 6) is 1.86. The number of hydrogen-bond donors (Lipinski definition) is 1. The molecule has 3 aromatic rings. The summed E-state index contributed by atoms with van der Waals surface area (Å²) in [6.07, 6.45) is 3.51. The van der Waals surface area contributed by atoms with Gasteiger partial charge in [0.25, 0.3) is 0 Å². The summed E-state index contributed by atoms with van der Waals surface area (Å²) in [6, 6.07) is 16.6. The third-order valence-corrected chi connectivity index (χ3v) is 6.63. The maximum atomic E-state index is 10.9. The van der Waals surface area contributed by atoms with Gasteiger partial charge in [-0.1, -0.05) is 49.4 Å². The molecule has 0 spiro atoms. The number of ether oxygens (including phenoxy) is 1. The molecule has 5 rings (SSSR count). The van der Waals surface area contributed by atoms with Crippen molar-refractivity contribution < 1.29 is 9.84 Å². The molecule has 33 heavy (non-hydrogen) atoms. The van der Waals surface area contributed by atoms with Gasteiger partial charge in [0.15, 0.2) is 5.82 Å². The molecule has 2 aromatic carbocycles. The fraction of sp³-hybridized carbons (Fsp3) is 0.407. The summed E-state index contributed by atoms with van der Waals surface area (Å²) in [6.45, 7) is 7.70. The zero-order chi connectivity index (χ0) is 22.6. The molecular formula is C27H32N4O2. The summed E-state index contributed by atoms with van der Waals surface area (Å²) in [5, 5.41) is 13.2. The van der Waals surface area contributed by atoms with Crippen LogP contribution >= 0.6 is 0 Å². The number of aliphatic hydroxyl groups excluding tert-OH is 1. The van der Waals surface area contributed by atoms with E-state index in [4.69, 9.17) is 14.7 Å². The first-order valence-electron chi connectivity index (χ1n) is 12.0. The van der Waals surface area contributed by atoms with Crippen LogP contribution < -0.4 is 4.90 Å². The Bertz CT molecular complexity index is 1140. The van der Waals surface area contributed by atoms with Gasteiger partial charge in [0.2, 0.25) is 0 Å². The number of morpholine rings is 1. The standard InChI is InChI=1S/C27H32N4O2/c1-2-24-18-26(31-13-15-33-16-14-31)29-27(28-24)21-9-11-30(12-10-21)19-25(32)23-8-7-20-5-3-4-6-22(20)17-23/h3-9,17-18,25,32H,2,10-16,19H2,1H3/t25-/m1/s1. The molecule has 1 saturated heterocycles. The van der Waals surface area contributed by atoms with Crippen molar-refractivity contribution in [1.29, 1.82) is 0 Å². The van der Waals surface area contributed by atoms with Gasteiger partial charge in [-0.05, 0) is 40.8 Å². The molecule has 1 atom stereocenters. The molecule has 0 radical (unpaired) electrons. The Hall–Kier alpha value is -2.80. The SMILES string of the molecule is CCc1cc(N2CCOCC2)nc(C2=CCN(C[C@@H](O)c3ccc4ccccc4c3)CC2)n1. The first-order valence-corrected chi connectivity index (χ1v) is 12.0. The third kappa shape index (κ3) is 5.08. The topological polar surface area (TPSA) is 61.7 Å². The second-order valence-corrected chi connectivity index (χ2v) is 8.86. The highest BCUT2D eigenvalue weighted by atomic mass is 16.5. The summed E-state index contributed by atoms with van der Waals surface area (Å²) >= 11 is 0. The summed E-state index contributed by atoms with van der Waals surface area (Å²) in [7, 11) is 0. The Balaban J connectivity index is 1.27. The molecule has 0 unspecified atom stereocenters. The van der Waals surface area contributed by atoms with Crippen LogP contribution in [0, 0.1) is 0 Å². The Morgan fingerprint density at radius 2 is 1.82 bits per heavy atom. The van der Waals surface area contributed by atoms with Crippen molar-refractivity contribution >= 4 is 22.2 Å². The van der Waals surface area contributed by atoms with Gasteiger partial charge < -0.3 is 14.7 Å². The van der Waals surface area contributed by atoms with Crippen LogP contribution in [0.5, 0.6) is 0 Å². The lowest BCUT2D eigenvalue weighted by Gasteiger charge is -2.30. The fourth-order valence-electron chi connectivity index (χ4n) is 4.61. The van der Waals surface area contributed by atoms with E-state index >= 15 is 0 Å². The Morgan fingerprint density at radius 1 is 1.00 bits per heavy atom. The molecule has 0 saturated carbocycles. The molecule has 0 bridgehead atoms. The van der Waals surface area contributed by atoms with Gasteiger partial charge in [0.1, 0.15) is 5.82 Å². The van der Waals surface area contributed by atoms with E-state index in [0.717, 1.165) is 75.1 Å². The maximum Gasteiger partial charge on any atom is 0.157 e. The molecule has 6 nitrogen and oxygen atoms in total. The second-order valence-electron chi connectivity index (χ2n) is 8.86. The number of β-amino-alcohol motifs (C(OH)–C–C–N with tert-alkyl or cyclic N) is 1. The van der Waals surface area contributed by atoms with Crippen LogP contribution in [-0.4, -0.2) is 65.9 Å². The van der Waals surface area contributed by atoms with Crippen LogP contribution in [0.4, 0.5) is 5.82 Å². The summed E-state index contributed by atoms with van der Waals surface area (Å²) in [4.78, 5) is 14.3. The number of rotatable bonds is 6. The molecule has 0 amide bonds. The average Bonchev–Trinajstić information content (AvgIpc) is 2.89. The van der Waals surface area contributed by atoms with E-state index in [9.17, 15) is 5.11 Å². The molecule has 1 aromatic heterocycles. The highest BCUT2D eigenvalue weighted by molar-refractivity contribution is 5.83. The number of aromatic nitrogens is 2. The Morgan fingerprint density at radius 3 is 2.58 bits per heavy atom. The van der Waals surface area contributed by atoms with E-state index in [-0.39, 0.29) is 0 Å². The fourth-order valence-corrected chi connectivity index (χ4v) is 4.61. The summed E-state index contributed by atoms with van der Waals surface area (Å²) < 4.78 is 5.50. The maximum absolute atomic E-state index is 10.9. The van der Waals surface area contributed by atoms with Crippen LogP contribution in [0.25, 0.3) is 16.3 Å². The lowest BCUT2D eigenvalue weighted by atomic mass is 10.0. The smallest absolute Gasteiger partial charge is 0.157 e. The Kier molecular flexibility index (Phi) is 6.67. The number of hydrogen-bond acceptors (Lipinski definition) is 6. The van der Waals surface area contributed by atoms with E-state index in [0.29, 0.717) is 6.54 Å². The first-order chi connectivity index (χ1) is 16.2. The van der Waals surface area contributed by atoms with Crippen LogP contribution in [0.15, 0.2) is 54.6 Å². The largest absolute Gasteiger partial charge is 0.387 e. The van der Waals surface area contributed by atoms with E-state index < -0.39 is 6.10 Å². The number of fused-ring (bicyclic) bond motifs is 1. The molecule has 6 heteroatoms. The highest BCUT2D eigenvalue weighted by Gasteiger charge is 2.21. The van der Waals surface area contributed by atoms with Crippen LogP contribution in [0.1, 0.15) is 36.5 Å². The van der Waals surface area contributed by atoms with Gasteiger partial charge in [-0.25, -0.2) is 9.97 Å². The molecule has 2 aliphatic heterocycles. The minimum atomic E-state index is -0.503. The number of nitrogens with zero attached hydrogens (tertiary/aromatic N) is 4. The number of aliphatic hydroxyl groups is 1. The molecule has 1 N–H and O–H groups in total. The second kappa shape index (κ2) is 10.00. The van der Waals surface area contributed by atoms with Crippen molar-refractivity contribution in [1.82, 2.24) is 14.9 Å². The van der Waals surface area contributed by atoms with Gasteiger partial charge in [-0.15, -0.1) is 0 Å². The molecule has 3 heterocycles. The minimum Gasteiger partial charge on any atom is -0.387 e. The van der Waals surface area contributed by atoms with Crippen molar-refractivity contribution in [2.75, 3.05) is 50.8 Å². The molecule has 2 aliphatic rings. The lowest BCUT2D eigenvalue weighted by Crippen LogP contribution is -2.37. The van der Waals surface area contributed by atoms with Gasteiger partial charge in [-0.3, -0.25) is 4.90 Å². The predicted molar refractivity (Wildman–Crippen MR) is 132 cm³/mol. The van der Waals surface area contributed by atoms with Gasteiger partial charge in [0.05, 0.1) is 19.3 Å². The van der Waals surface area contributed by atoms with Gasteiger partial charge in [0, 0.05) is 44.5 Å². The molecular weight excluding hydrogens is 412 g/mol. The zero-order valence-corrected chi connectivity index (χ0v) is 19.3. The summed E-state index contributed by atoms with van der Waals surface area (Å²) in [5.41, 5.74) is 3.26. The Labute approximate surface area is 195 Å². The van der Waals surface area contributed by atoms with Crippen LogP contribution in [0.3, 0.4) is 0 Å². The molecule has 1 fully saturated rings. The first kappa shape index (κ1) is 22.0. The lowest BCUT2D eigenvalue weighted by molar-refractivity contribution is 0.119. The van der Waals surface area contributed by atoms with Crippen molar-refractivity contribution in [2.24, 2.45) is 0 Å². The van der Waals surface area contributed by atoms with E-state index in [2.05, 4.69) is 53.1 Å². The zero-order valence-electron chi connectivity index (χ0n) is 19.3. The minimum absolute atomic E-state index is 0.503. The molecule has 172 valence electrons. The van der Waals surface area contributed by atoms with E-state index in [1.165, 1.54) is 16.3 Å². The van der Waals surface area contributed by atoms with Crippen molar-refractivity contribution in [2.45, 2.75) is 25.9 Å². The van der Waals surface area contributed by atoms with Crippen LogP contribution in [-0.2, 0) is 11.2 Å². The predicted octanol–water partition coefficient (Wildman–Crippen LogP) is 3.85. The van der Waals surface area contributed by atoms with Gasteiger partial charge >= 0.3 is 0 Å². The normalized spacial score (nSPS) is 18.4. The van der Waals surface area contributed by atoms with Crippen molar-refractivity contribution in [3.63, 3.8) is 0 Å². The van der Waals surface area contributed by atoms with Crippen molar-refractivity contribution in [3.8, 4) is 0 Å². The third-order valence-electron chi connectivity index (χ3n) is 6.63. The van der Waals surface area contributed by atoms with E-state index in [1.807, 2.05) is 18.2 Å². The quantitative estimate of drug-likeness (QED) is 0.623. The van der Waals surface area contributed by atoms with Crippen LogP contribution in [0.2, 0.25) is 0 Å².